The maximum absolute atomic E-state index is 11.5. The summed E-state index contributed by atoms with van der Waals surface area (Å²) in [6.45, 7) is 5.32. The standard InChI is InChI=1S/C15H17N3O5/c1-15(2,3)22-14(21)16-8-11-17-12(18-23-11)9-4-6-10(7-5-9)13(19)20/h4-7H,8H2,1-3H3,(H,16,21)(H,19,20). The van der Waals surface area contributed by atoms with Crippen LogP contribution in [0.1, 0.15) is 37.0 Å². The first kappa shape index (κ1) is 16.5. The summed E-state index contributed by atoms with van der Waals surface area (Å²) in [4.78, 5) is 26.5. The van der Waals surface area contributed by atoms with Gasteiger partial charge in [0.25, 0.3) is 0 Å². The number of rotatable bonds is 4. The van der Waals surface area contributed by atoms with E-state index < -0.39 is 17.7 Å². The van der Waals surface area contributed by atoms with E-state index in [2.05, 4.69) is 15.5 Å². The van der Waals surface area contributed by atoms with Crippen molar-refractivity contribution in [2.45, 2.75) is 32.9 Å². The molecule has 1 aromatic heterocycles. The molecule has 0 radical (unpaired) electrons. The maximum atomic E-state index is 11.5. The van der Waals surface area contributed by atoms with Crippen molar-refractivity contribution in [2.24, 2.45) is 0 Å². The van der Waals surface area contributed by atoms with Gasteiger partial charge in [-0.3, -0.25) is 0 Å². The fourth-order valence-electron chi connectivity index (χ4n) is 1.67. The monoisotopic (exact) mass is 319 g/mol. The van der Waals surface area contributed by atoms with Crippen molar-refractivity contribution in [1.29, 1.82) is 0 Å². The lowest BCUT2D eigenvalue weighted by Gasteiger charge is -2.19. The topological polar surface area (TPSA) is 115 Å². The smallest absolute Gasteiger partial charge is 0.408 e. The van der Waals surface area contributed by atoms with E-state index in [1.807, 2.05) is 0 Å². The second-order valence-corrected chi connectivity index (χ2v) is 5.75. The van der Waals surface area contributed by atoms with Gasteiger partial charge in [-0.1, -0.05) is 17.3 Å². The number of ether oxygens (including phenoxy) is 1. The molecular weight excluding hydrogens is 302 g/mol. The van der Waals surface area contributed by atoms with Crippen molar-refractivity contribution < 1.29 is 24.0 Å². The van der Waals surface area contributed by atoms with Gasteiger partial charge in [-0.05, 0) is 32.9 Å². The molecule has 0 bridgehead atoms. The zero-order chi connectivity index (χ0) is 17.0. The van der Waals surface area contributed by atoms with E-state index in [9.17, 15) is 9.59 Å². The first-order valence-electron chi connectivity index (χ1n) is 6.88. The fraction of sp³-hybridized carbons (Fsp3) is 0.333. The van der Waals surface area contributed by atoms with Crippen molar-refractivity contribution in [2.75, 3.05) is 0 Å². The Morgan fingerprint density at radius 3 is 2.48 bits per heavy atom. The summed E-state index contributed by atoms with van der Waals surface area (Å²) in [6.07, 6.45) is -0.580. The van der Waals surface area contributed by atoms with Crippen LogP contribution in [0, 0.1) is 0 Å². The molecule has 2 aromatic rings. The second-order valence-electron chi connectivity index (χ2n) is 5.75. The summed E-state index contributed by atoms with van der Waals surface area (Å²) < 4.78 is 10.1. The minimum Gasteiger partial charge on any atom is -0.478 e. The van der Waals surface area contributed by atoms with Crippen LogP contribution in [0.2, 0.25) is 0 Å². The molecule has 0 spiro atoms. The summed E-state index contributed by atoms with van der Waals surface area (Å²) in [5, 5.41) is 15.1. The predicted octanol–water partition coefficient (Wildman–Crippen LogP) is 2.46. The Morgan fingerprint density at radius 1 is 1.26 bits per heavy atom. The Labute approximate surface area is 132 Å². The molecule has 0 aliphatic carbocycles. The number of carbonyl (C=O) groups excluding carboxylic acids is 1. The number of aromatic nitrogens is 2. The van der Waals surface area contributed by atoms with Gasteiger partial charge in [-0.25, -0.2) is 9.59 Å². The molecule has 8 heteroatoms. The van der Waals surface area contributed by atoms with E-state index in [4.69, 9.17) is 14.4 Å². The lowest BCUT2D eigenvalue weighted by Crippen LogP contribution is -2.32. The third-order valence-corrected chi connectivity index (χ3v) is 2.64. The van der Waals surface area contributed by atoms with Crippen LogP contribution >= 0.6 is 0 Å². The number of carbonyl (C=O) groups is 2. The molecule has 1 amide bonds. The van der Waals surface area contributed by atoms with E-state index in [0.717, 1.165) is 0 Å². The van der Waals surface area contributed by atoms with Crippen molar-refractivity contribution in [1.82, 2.24) is 15.5 Å². The average Bonchev–Trinajstić information content (AvgIpc) is 2.92. The number of carboxylic acids is 1. The SMILES string of the molecule is CC(C)(C)OC(=O)NCc1nc(-c2ccc(C(=O)O)cc2)no1. The minimum absolute atomic E-state index is 0.0368. The summed E-state index contributed by atoms with van der Waals surface area (Å²) in [5.74, 6) is -0.483. The van der Waals surface area contributed by atoms with Crippen LogP contribution in [-0.4, -0.2) is 32.9 Å². The Balaban J connectivity index is 1.98. The van der Waals surface area contributed by atoms with Gasteiger partial charge in [-0.2, -0.15) is 4.98 Å². The van der Waals surface area contributed by atoms with Crippen molar-refractivity contribution in [3.8, 4) is 11.4 Å². The molecule has 23 heavy (non-hydrogen) atoms. The minimum atomic E-state index is -1.01. The molecule has 0 saturated carbocycles. The molecule has 0 atom stereocenters. The largest absolute Gasteiger partial charge is 0.478 e. The molecule has 122 valence electrons. The first-order chi connectivity index (χ1) is 10.7. The highest BCUT2D eigenvalue weighted by Crippen LogP contribution is 2.16. The van der Waals surface area contributed by atoms with Gasteiger partial charge < -0.3 is 19.7 Å². The highest BCUT2D eigenvalue weighted by molar-refractivity contribution is 5.88. The maximum Gasteiger partial charge on any atom is 0.408 e. The van der Waals surface area contributed by atoms with Gasteiger partial charge in [0.1, 0.15) is 12.1 Å². The number of hydrogen-bond acceptors (Lipinski definition) is 6. The van der Waals surface area contributed by atoms with Crippen LogP contribution in [0.25, 0.3) is 11.4 Å². The molecule has 0 saturated heterocycles. The Kier molecular flexibility index (Phi) is 4.63. The molecule has 1 heterocycles. The zero-order valence-corrected chi connectivity index (χ0v) is 13.0. The molecule has 2 rings (SSSR count). The first-order valence-corrected chi connectivity index (χ1v) is 6.88. The number of nitrogens with zero attached hydrogens (tertiary/aromatic N) is 2. The van der Waals surface area contributed by atoms with Gasteiger partial charge in [0.2, 0.25) is 11.7 Å². The second kappa shape index (κ2) is 6.47. The third-order valence-electron chi connectivity index (χ3n) is 2.64. The van der Waals surface area contributed by atoms with Gasteiger partial charge in [0, 0.05) is 5.56 Å². The molecule has 8 nitrogen and oxygen atoms in total. The van der Waals surface area contributed by atoms with Crippen LogP contribution in [0.3, 0.4) is 0 Å². The average molecular weight is 319 g/mol. The van der Waals surface area contributed by atoms with Gasteiger partial charge >= 0.3 is 12.1 Å². The normalized spacial score (nSPS) is 11.1. The zero-order valence-electron chi connectivity index (χ0n) is 13.0. The van der Waals surface area contributed by atoms with Crippen LogP contribution in [0.4, 0.5) is 4.79 Å². The molecule has 0 unspecified atom stereocenters. The number of carboxylic acid groups (broad SMARTS) is 1. The highest BCUT2D eigenvalue weighted by Gasteiger charge is 2.17. The Hall–Kier alpha value is -2.90. The molecule has 0 aliphatic heterocycles. The molecular formula is C15H17N3O5. The Bertz CT molecular complexity index is 701. The summed E-state index contributed by atoms with van der Waals surface area (Å²) in [7, 11) is 0. The molecule has 0 fully saturated rings. The van der Waals surface area contributed by atoms with E-state index in [1.54, 1.807) is 32.9 Å². The number of hydrogen-bond donors (Lipinski definition) is 2. The van der Waals surface area contributed by atoms with Gasteiger partial charge in [0.15, 0.2) is 0 Å². The molecule has 0 aliphatic rings. The predicted molar refractivity (Wildman–Crippen MR) is 79.8 cm³/mol. The van der Waals surface area contributed by atoms with E-state index in [1.165, 1.54) is 12.1 Å². The van der Waals surface area contributed by atoms with Crippen LogP contribution in [0.15, 0.2) is 28.8 Å². The van der Waals surface area contributed by atoms with Crippen LogP contribution in [-0.2, 0) is 11.3 Å². The van der Waals surface area contributed by atoms with Gasteiger partial charge in [0.05, 0.1) is 5.56 Å². The number of nitrogens with one attached hydrogen (secondary N) is 1. The summed E-state index contributed by atoms with van der Waals surface area (Å²) in [6, 6.07) is 6.07. The van der Waals surface area contributed by atoms with Crippen molar-refractivity contribution >= 4 is 12.1 Å². The summed E-state index contributed by atoms with van der Waals surface area (Å²) in [5.41, 5.74) is 0.196. The van der Waals surface area contributed by atoms with Crippen molar-refractivity contribution in [3.63, 3.8) is 0 Å². The van der Waals surface area contributed by atoms with E-state index >= 15 is 0 Å². The number of alkyl carbamates (subject to hydrolysis) is 1. The molecule has 2 N–H and O–H groups in total. The van der Waals surface area contributed by atoms with Gasteiger partial charge in [-0.15, -0.1) is 0 Å². The highest BCUT2D eigenvalue weighted by atomic mass is 16.6. The fourth-order valence-corrected chi connectivity index (χ4v) is 1.67. The Morgan fingerprint density at radius 2 is 1.91 bits per heavy atom. The quantitative estimate of drug-likeness (QED) is 0.889. The van der Waals surface area contributed by atoms with E-state index in [0.29, 0.717) is 11.4 Å². The molecule has 1 aromatic carbocycles. The van der Waals surface area contributed by atoms with E-state index in [-0.39, 0.29) is 18.0 Å². The number of amides is 1. The lowest BCUT2D eigenvalue weighted by atomic mass is 10.1. The summed E-state index contributed by atoms with van der Waals surface area (Å²) >= 11 is 0. The number of aromatic carboxylic acids is 1. The third kappa shape index (κ3) is 4.80. The lowest BCUT2D eigenvalue weighted by molar-refractivity contribution is 0.0517. The number of benzene rings is 1. The van der Waals surface area contributed by atoms with Crippen LogP contribution in [0.5, 0.6) is 0 Å². The van der Waals surface area contributed by atoms with Crippen LogP contribution < -0.4 is 5.32 Å². The van der Waals surface area contributed by atoms with Crippen molar-refractivity contribution in [3.05, 3.63) is 35.7 Å².